The van der Waals surface area contributed by atoms with Crippen LogP contribution in [0.1, 0.15) is 0 Å². The maximum atomic E-state index is 5.43. The Bertz CT molecular complexity index is 605. The maximum Gasteiger partial charge on any atom is 0.151 e. The van der Waals surface area contributed by atoms with Crippen molar-refractivity contribution in [1.82, 2.24) is 15.5 Å². The smallest absolute Gasteiger partial charge is 0.151 e. The van der Waals surface area contributed by atoms with E-state index in [1.165, 1.54) is 0 Å². The van der Waals surface area contributed by atoms with Crippen LogP contribution < -0.4 is 19.7 Å². The summed E-state index contributed by atoms with van der Waals surface area (Å²) in [6, 6.07) is 7.80. The number of nitrogens with zero attached hydrogens (tertiary/aromatic N) is 2. The zero-order chi connectivity index (χ0) is 14.7. The third-order valence-corrected chi connectivity index (χ3v) is 3.70. The van der Waals surface area contributed by atoms with Gasteiger partial charge in [-0.15, -0.1) is 0 Å². The van der Waals surface area contributed by atoms with Gasteiger partial charge in [0, 0.05) is 37.8 Å². The van der Waals surface area contributed by atoms with E-state index in [4.69, 9.17) is 9.47 Å². The molecule has 1 aliphatic rings. The van der Waals surface area contributed by atoms with Crippen molar-refractivity contribution in [3.8, 4) is 22.8 Å². The summed E-state index contributed by atoms with van der Waals surface area (Å²) in [6.07, 6.45) is 0. The predicted molar refractivity (Wildman–Crippen MR) is 82.2 cm³/mol. The second-order valence-corrected chi connectivity index (χ2v) is 4.94. The fourth-order valence-corrected chi connectivity index (χ4v) is 2.53. The lowest BCUT2D eigenvalue weighted by molar-refractivity contribution is 0.404. The molecule has 0 atom stereocenters. The summed E-state index contributed by atoms with van der Waals surface area (Å²) < 4.78 is 10.7. The van der Waals surface area contributed by atoms with Crippen molar-refractivity contribution in [3.05, 3.63) is 24.3 Å². The fraction of sp³-hybridized carbons (Fsp3) is 0.400. The van der Waals surface area contributed by atoms with Gasteiger partial charge >= 0.3 is 0 Å². The van der Waals surface area contributed by atoms with E-state index in [-0.39, 0.29) is 0 Å². The molecule has 1 aliphatic heterocycles. The van der Waals surface area contributed by atoms with Gasteiger partial charge in [-0.25, -0.2) is 0 Å². The molecule has 112 valence electrons. The Hall–Kier alpha value is -2.21. The van der Waals surface area contributed by atoms with Gasteiger partial charge in [0.2, 0.25) is 0 Å². The highest BCUT2D eigenvalue weighted by Gasteiger charge is 2.16. The lowest BCUT2D eigenvalue weighted by Crippen LogP contribution is -2.43. The van der Waals surface area contributed by atoms with Crippen molar-refractivity contribution in [3.63, 3.8) is 0 Å². The first-order valence-electron chi connectivity index (χ1n) is 7.05. The first kappa shape index (κ1) is 13.8. The summed E-state index contributed by atoms with van der Waals surface area (Å²) in [7, 11) is 3.32. The van der Waals surface area contributed by atoms with Crippen LogP contribution >= 0.6 is 0 Å². The number of benzene rings is 1. The van der Waals surface area contributed by atoms with E-state index in [2.05, 4.69) is 26.5 Å². The second-order valence-electron chi connectivity index (χ2n) is 4.94. The molecule has 0 unspecified atom stereocenters. The number of hydrogen-bond acceptors (Lipinski definition) is 5. The summed E-state index contributed by atoms with van der Waals surface area (Å²) in [6.45, 7) is 3.93. The van der Waals surface area contributed by atoms with Crippen LogP contribution in [-0.2, 0) is 0 Å². The van der Waals surface area contributed by atoms with Crippen LogP contribution in [0.25, 0.3) is 11.3 Å². The maximum absolute atomic E-state index is 5.43. The van der Waals surface area contributed by atoms with Gasteiger partial charge in [-0.3, -0.25) is 5.10 Å². The molecule has 1 aromatic heterocycles. The number of aromatic nitrogens is 2. The van der Waals surface area contributed by atoms with E-state index in [1.807, 2.05) is 18.2 Å². The molecule has 2 N–H and O–H groups in total. The molecular formula is C15H20N4O2. The number of ether oxygens (including phenoxy) is 2. The number of hydrogen-bond donors (Lipinski definition) is 2. The Morgan fingerprint density at radius 2 is 1.90 bits per heavy atom. The van der Waals surface area contributed by atoms with Crippen LogP contribution in [0.5, 0.6) is 11.5 Å². The van der Waals surface area contributed by atoms with Gasteiger partial charge in [-0.05, 0) is 18.2 Å². The molecule has 0 saturated carbocycles. The monoisotopic (exact) mass is 288 g/mol. The Morgan fingerprint density at radius 3 is 2.62 bits per heavy atom. The van der Waals surface area contributed by atoms with E-state index in [1.54, 1.807) is 14.2 Å². The molecule has 0 bridgehead atoms. The van der Waals surface area contributed by atoms with Gasteiger partial charge in [0.05, 0.1) is 19.9 Å². The SMILES string of the molecule is COc1ccc(OC)c(-c2cc(N3CCNCC3)n[nH]2)c1. The molecule has 21 heavy (non-hydrogen) atoms. The predicted octanol–water partition coefficient (Wildman–Crippen LogP) is 1.50. The van der Waals surface area contributed by atoms with Crippen molar-refractivity contribution in [2.75, 3.05) is 45.3 Å². The van der Waals surface area contributed by atoms with Crippen LogP contribution in [0.15, 0.2) is 24.3 Å². The molecule has 0 radical (unpaired) electrons. The van der Waals surface area contributed by atoms with Gasteiger partial charge in [-0.1, -0.05) is 0 Å². The average molecular weight is 288 g/mol. The number of methoxy groups -OCH3 is 2. The largest absolute Gasteiger partial charge is 0.497 e. The molecule has 2 heterocycles. The second kappa shape index (κ2) is 6.05. The van der Waals surface area contributed by atoms with E-state index >= 15 is 0 Å². The lowest BCUT2D eigenvalue weighted by Gasteiger charge is -2.26. The minimum atomic E-state index is 0.795. The van der Waals surface area contributed by atoms with E-state index in [0.717, 1.165) is 54.8 Å². The average Bonchev–Trinajstić information content (AvgIpc) is 3.05. The highest BCUT2D eigenvalue weighted by atomic mass is 16.5. The topological polar surface area (TPSA) is 62.4 Å². The molecule has 6 nitrogen and oxygen atoms in total. The third-order valence-electron chi connectivity index (χ3n) is 3.70. The highest BCUT2D eigenvalue weighted by Crippen LogP contribution is 2.33. The molecule has 0 amide bonds. The number of nitrogens with one attached hydrogen (secondary N) is 2. The zero-order valence-electron chi connectivity index (χ0n) is 12.3. The highest BCUT2D eigenvalue weighted by molar-refractivity contribution is 5.71. The number of rotatable bonds is 4. The van der Waals surface area contributed by atoms with E-state index < -0.39 is 0 Å². The van der Waals surface area contributed by atoms with Gasteiger partial charge in [0.25, 0.3) is 0 Å². The van der Waals surface area contributed by atoms with Crippen LogP contribution in [0.2, 0.25) is 0 Å². The van der Waals surface area contributed by atoms with Gasteiger partial charge in [0.15, 0.2) is 5.82 Å². The summed E-state index contributed by atoms with van der Waals surface area (Å²) in [5.41, 5.74) is 1.88. The van der Waals surface area contributed by atoms with Crippen molar-refractivity contribution in [2.45, 2.75) is 0 Å². The van der Waals surface area contributed by atoms with Gasteiger partial charge in [-0.2, -0.15) is 5.10 Å². The summed E-state index contributed by atoms with van der Waals surface area (Å²) in [5.74, 6) is 2.56. The summed E-state index contributed by atoms with van der Waals surface area (Å²) in [4.78, 5) is 2.27. The molecular weight excluding hydrogens is 268 g/mol. The molecule has 2 aromatic rings. The molecule has 0 spiro atoms. The molecule has 6 heteroatoms. The minimum absolute atomic E-state index is 0.795. The van der Waals surface area contributed by atoms with Crippen LogP contribution in [0, 0.1) is 0 Å². The quantitative estimate of drug-likeness (QED) is 0.893. The standard InChI is InChI=1S/C15H20N4O2/c1-20-11-3-4-14(21-2)12(9-11)13-10-15(18-17-13)19-7-5-16-6-8-19/h3-4,9-10,16H,5-8H2,1-2H3,(H,17,18). The van der Waals surface area contributed by atoms with Crippen LogP contribution in [0.4, 0.5) is 5.82 Å². The molecule has 0 aliphatic carbocycles. The fourth-order valence-electron chi connectivity index (χ4n) is 2.53. The first-order valence-corrected chi connectivity index (χ1v) is 7.05. The molecule has 3 rings (SSSR count). The van der Waals surface area contributed by atoms with Crippen LogP contribution in [-0.4, -0.2) is 50.6 Å². The van der Waals surface area contributed by atoms with E-state index in [9.17, 15) is 0 Å². The summed E-state index contributed by atoms with van der Waals surface area (Å²) >= 11 is 0. The lowest BCUT2D eigenvalue weighted by atomic mass is 10.1. The van der Waals surface area contributed by atoms with Gasteiger partial charge < -0.3 is 19.7 Å². The Kier molecular flexibility index (Phi) is 3.96. The van der Waals surface area contributed by atoms with Crippen LogP contribution in [0.3, 0.4) is 0 Å². The molecule has 1 saturated heterocycles. The van der Waals surface area contributed by atoms with Crippen molar-refractivity contribution in [1.29, 1.82) is 0 Å². The minimum Gasteiger partial charge on any atom is -0.497 e. The van der Waals surface area contributed by atoms with Crippen molar-refractivity contribution < 1.29 is 9.47 Å². The number of H-pyrrole nitrogens is 1. The number of piperazine rings is 1. The normalized spacial score (nSPS) is 15.0. The molecule has 1 aromatic carbocycles. The third kappa shape index (κ3) is 2.80. The van der Waals surface area contributed by atoms with Gasteiger partial charge in [0.1, 0.15) is 11.5 Å². The zero-order valence-corrected chi connectivity index (χ0v) is 12.3. The van der Waals surface area contributed by atoms with E-state index in [0.29, 0.717) is 0 Å². The van der Waals surface area contributed by atoms with Crippen molar-refractivity contribution >= 4 is 5.82 Å². The number of aromatic amines is 1. The van der Waals surface area contributed by atoms with Crippen molar-refractivity contribution in [2.24, 2.45) is 0 Å². The Balaban J connectivity index is 1.91. The summed E-state index contributed by atoms with van der Waals surface area (Å²) in [5, 5.41) is 10.9. The Labute approximate surface area is 124 Å². The first-order chi connectivity index (χ1) is 10.3. The number of anilines is 1. The Morgan fingerprint density at radius 1 is 1.10 bits per heavy atom. The molecule has 1 fully saturated rings.